The number of nitrogens with zero attached hydrogens (tertiary/aromatic N) is 1. The van der Waals surface area contributed by atoms with Crippen molar-refractivity contribution >= 4 is 39.5 Å². The summed E-state index contributed by atoms with van der Waals surface area (Å²) >= 11 is 3.18. The lowest BCUT2D eigenvalue weighted by Gasteiger charge is -2.08. The zero-order valence-electron chi connectivity index (χ0n) is 10.1. The number of hydrogen-bond donors (Lipinski definition) is 3. The van der Waals surface area contributed by atoms with E-state index in [4.69, 9.17) is 10.4 Å². The number of nitriles is 1. The standard InChI is InChI=1S/C12H10BrN3O4/c13-8-5-7(6-14)1-2-9(8)15-12(20)16-10(17)3-4-11(18)19/h1-2,5H,3-4H2,(H,18,19)(H2,15,16,17,20). The van der Waals surface area contributed by atoms with Gasteiger partial charge in [0.1, 0.15) is 0 Å². The lowest BCUT2D eigenvalue weighted by Crippen LogP contribution is -2.34. The van der Waals surface area contributed by atoms with Crippen LogP contribution in [-0.4, -0.2) is 23.0 Å². The minimum Gasteiger partial charge on any atom is -0.481 e. The number of benzene rings is 1. The van der Waals surface area contributed by atoms with Crippen LogP contribution in [0.2, 0.25) is 0 Å². The Morgan fingerprint density at radius 3 is 2.55 bits per heavy atom. The van der Waals surface area contributed by atoms with E-state index in [1.807, 2.05) is 11.4 Å². The smallest absolute Gasteiger partial charge is 0.325 e. The lowest BCUT2D eigenvalue weighted by atomic mass is 10.2. The summed E-state index contributed by atoms with van der Waals surface area (Å²) in [7, 11) is 0. The molecule has 1 aromatic rings. The van der Waals surface area contributed by atoms with E-state index in [0.29, 0.717) is 15.7 Å². The maximum absolute atomic E-state index is 11.5. The maximum Gasteiger partial charge on any atom is 0.325 e. The molecule has 0 aromatic heterocycles. The highest BCUT2D eigenvalue weighted by Crippen LogP contribution is 2.23. The van der Waals surface area contributed by atoms with Gasteiger partial charge in [-0.25, -0.2) is 4.79 Å². The van der Waals surface area contributed by atoms with Crippen LogP contribution in [0, 0.1) is 11.3 Å². The summed E-state index contributed by atoms with van der Waals surface area (Å²) in [6, 6.07) is 5.69. The van der Waals surface area contributed by atoms with E-state index in [2.05, 4.69) is 21.2 Å². The molecule has 0 fully saturated rings. The van der Waals surface area contributed by atoms with Crippen LogP contribution in [-0.2, 0) is 9.59 Å². The molecule has 104 valence electrons. The van der Waals surface area contributed by atoms with Gasteiger partial charge in [0.25, 0.3) is 0 Å². The molecular weight excluding hydrogens is 330 g/mol. The maximum atomic E-state index is 11.5. The van der Waals surface area contributed by atoms with Crippen molar-refractivity contribution in [3.05, 3.63) is 28.2 Å². The number of urea groups is 1. The van der Waals surface area contributed by atoms with Crippen molar-refractivity contribution < 1.29 is 19.5 Å². The summed E-state index contributed by atoms with van der Waals surface area (Å²) < 4.78 is 0.490. The first-order chi connectivity index (χ1) is 9.42. The molecule has 0 saturated carbocycles. The summed E-state index contributed by atoms with van der Waals surface area (Å²) in [5, 5.41) is 21.5. The Bertz CT molecular complexity index is 595. The number of carboxylic acids is 1. The molecule has 0 aliphatic rings. The zero-order chi connectivity index (χ0) is 15.1. The Balaban J connectivity index is 2.56. The molecule has 0 heterocycles. The van der Waals surface area contributed by atoms with E-state index in [0.717, 1.165) is 0 Å². The van der Waals surface area contributed by atoms with Crippen LogP contribution in [0.5, 0.6) is 0 Å². The Hall–Kier alpha value is -2.40. The fourth-order valence-electron chi connectivity index (χ4n) is 1.25. The van der Waals surface area contributed by atoms with Crippen LogP contribution < -0.4 is 10.6 Å². The Morgan fingerprint density at radius 2 is 2.00 bits per heavy atom. The average Bonchev–Trinajstić information content (AvgIpc) is 2.38. The van der Waals surface area contributed by atoms with Crippen LogP contribution in [0.3, 0.4) is 0 Å². The van der Waals surface area contributed by atoms with Gasteiger partial charge >= 0.3 is 12.0 Å². The largest absolute Gasteiger partial charge is 0.481 e. The molecule has 0 atom stereocenters. The fourth-order valence-corrected chi connectivity index (χ4v) is 1.73. The zero-order valence-corrected chi connectivity index (χ0v) is 11.7. The van der Waals surface area contributed by atoms with E-state index in [9.17, 15) is 14.4 Å². The molecule has 20 heavy (non-hydrogen) atoms. The molecule has 3 N–H and O–H groups in total. The van der Waals surface area contributed by atoms with Crippen molar-refractivity contribution in [1.82, 2.24) is 5.32 Å². The van der Waals surface area contributed by atoms with Gasteiger partial charge in [-0.2, -0.15) is 5.26 Å². The summed E-state index contributed by atoms with van der Waals surface area (Å²) in [4.78, 5) is 33.0. The predicted molar refractivity (Wildman–Crippen MR) is 72.9 cm³/mol. The second-order valence-corrected chi connectivity index (χ2v) is 4.56. The number of carbonyl (C=O) groups excluding carboxylic acids is 2. The van der Waals surface area contributed by atoms with Gasteiger partial charge in [0, 0.05) is 10.9 Å². The highest BCUT2D eigenvalue weighted by atomic mass is 79.9. The number of carbonyl (C=O) groups is 3. The Kier molecular flexibility index (Phi) is 5.68. The molecule has 1 aromatic carbocycles. The van der Waals surface area contributed by atoms with Gasteiger partial charge in [0.05, 0.1) is 23.7 Å². The summed E-state index contributed by atoms with van der Waals surface area (Å²) in [6.07, 6.45) is -0.628. The highest BCUT2D eigenvalue weighted by molar-refractivity contribution is 9.10. The van der Waals surface area contributed by atoms with Crippen molar-refractivity contribution in [3.8, 4) is 6.07 Å². The van der Waals surface area contributed by atoms with E-state index in [1.54, 1.807) is 0 Å². The molecule has 0 saturated heterocycles. The number of nitrogens with one attached hydrogen (secondary N) is 2. The molecule has 0 spiro atoms. The number of rotatable bonds is 4. The third kappa shape index (κ3) is 5.07. The number of halogens is 1. The molecule has 0 radical (unpaired) electrons. The van der Waals surface area contributed by atoms with Crippen molar-refractivity contribution in [2.45, 2.75) is 12.8 Å². The quantitative estimate of drug-likeness (QED) is 0.772. The second kappa shape index (κ2) is 7.25. The predicted octanol–water partition coefficient (Wildman–Crippen LogP) is 1.83. The molecule has 0 unspecified atom stereocenters. The molecule has 0 aliphatic heterocycles. The van der Waals surface area contributed by atoms with Gasteiger partial charge in [-0.05, 0) is 34.1 Å². The van der Waals surface area contributed by atoms with Crippen molar-refractivity contribution in [1.29, 1.82) is 5.26 Å². The SMILES string of the molecule is N#Cc1ccc(NC(=O)NC(=O)CCC(=O)O)c(Br)c1. The summed E-state index contributed by atoms with van der Waals surface area (Å²) in [6.45, 7) is 0. The van der Waals surface area contributed by atoms with E-state index < -0.39 is 17.9 Å². The Labute approximate surface area is 122 Å². The third-order valence-electron chi connectivity index (χ3n) is 2.17. The molecule has 7 nitrogen and oxygen atoms in total. The van der Waals surface area contributed by atoms with Crippen molar-refractivity contribution in [2.75, 3.05) is 5.32 Å². The van der Waals surface area contributed by atoms with Gasteiger partial charge in [-0.1, -0.05) is 0 Å². The summed E-state index contributed by atoms with van der Waals surface area (Å²) in [5.74, 6) is -1.80. The number of aliphatic carboxylic acids is 1. The second-order valence-electron chi connectivity index (χ2n) is 3.70. The fraction of sp³-hybridized carbons (Fsp3) is 0.167. The topological polar surface area (TPSA) is 119 Å². The lowest BCUT2D eigenvalue weighted by molar-refractivity contribution is -0.138. The first-order valence-electron chi connectivity index (χ1n) is 5.44. The monoisotopic (exact) mass is 339 g/mol. The molecule has 0 aliphatic carbocycles. The van der Waals surface area contributed by atoms with Gasteiger partial charge in [-0.3, -0.25) is 14.9 Å². The van der Waals surface area contributed by atoms with E-state index >= 15 is 0 Å². The van der Waals surface area contributed by atoms with E-state index in [1.165, 1.54) is 18.2 Å². The molecule has 3 amide bonds. The number of imide groups is 1. The first-order valence-corrected chi connectivity index (χ1v) is 6.24. The molecule has 8 heteroatoms. The highest BCUT2D eigenvalue weighted by Gasteiger charge is 2.11. The van der Waals surface area contributed by atoms with Crippen LogP contribution in [0.1, 0.15) is 18.4 Å². The average molecular weight is 340 g/mol. The third-order valence-corrected chi connectivity index (χ3v) is 2.82. The van der Waals surface area contributed by atoms with Crippen LogP contribution in [0.15, 0.2) is 22.7 Å². The van der Waals surface area contributed by atoms with Crippen molar-refractivity contribution in [3.63, 3.8) is 0 Å². The molecule has 1 rings (SSSR count). The molecule has 0 bridgehead atoms. The van der Waals surface area contributed by atoms with Gasteiger partial charge in [-0.15, -0.1) is 0 Å². The van der Waals surface area contributed by atoms with Gasteiger partial charge < -0.3 is 10.4 Å². The number of carboxylic acid groups (broad SMARTS) is 1. The van der Waals surface area contributed by atoms with Crippen LogP contribution in [0.4, 0.5) is 10.5 Å². The van der Waals surface area contributed by atoms with Crippen LogP contribution in [0.25, 0.3) is 0 Å². The summed E-state index contributed by atoms with van der Waals surface area (Å²) in [5.41, 5.74) is 0.799. The number of hydrogen-bond acceptors (Lipinski definition) is 4. The number of amides is 3. The van der Waals surface area contributed by atoms with Gasteiger partial charge in [0.15, 0.2) is 0 Å². The normalized spacial score (nSPS) is 9.40. The Morgan fingerprint density at radius 1 is 1.30 bits per heavy atom. The first kappa shape index (κ1) is 15.7. The van der Waals surface area contributed by atoms with Crippen LogP contribution >= 0.6 is 15.9 Å². The minimum absolute atomic E-state index is 0.280. The van der Waals surface area contributed by atoms with Gasteiger partial charge in [0.2, 0.25) is 5.91 Å². The minimum atomic E-state index is -1.12. The molecular formula is C12H10BrN3O4. The number of anilines is 1. The van der Waals surface area contributed by atoms with E-state index in [-0.39, 0.29) is 12.8 Å². The van der Waals surface area contributed by atoms with Crippen molar-refractivity contribution in [2.24, 2.45) is 0 Å².